The molecule has 0 saturated carbocycles. The molecule has 0 bridgehead atoms. The smallest absolute Gasteiger partial charge is 0.306 e. The Kier molecular flexibility index (Phi) is 6.66. The number of aliphatic carboxylic acids is 1. The molecule has 0 saturated heterocycles. The number of hydrogen-bond acceptors (Lipinski definition) is 6. The van der Waals surface area contributed by atoms with E-state index in [9.17, 15) is 9.90 Å². The molecule has 3 aromatic heterocycles. The van der Waals surface area contributed by atoms with E-state index >= 15 is 0 Å². The molecule has 0 radical (unpaired) electrons. The summed E-state index contributed by atoms with van der Waals surface area (Å²) in [5.41, 5.74) is 4.62. The van der Waals surface area contributed by atoms with Gasteiger partial charge in [0.1, 0.15) is 5.82 Å². The number of aromatic nitrogens is 4. The molecule has 2 N–H and O–H groups in total. The van der Waals surface area contributed by atoms with Crippen molar-refractivity contribution in [3.8, 4) is 11.1 Å². The standard InChI is InChI=1S/C26H24ClN5O2S/c1-2-3-4-18(25(33)34)14-24-31-30-23-13-17(11-12-32(23)24)16-5-8-20(9-6-16)28-26-29-21-10-7-19(27)15-22(21)35-26/h5-13,15,18H,2-4,14H2,1H3,(H,28,29)(H,33,34). The third-order valence-corrected chi connectivity index (χ3v) is 7.15. The largest absolute Gasteiger partial charge is 0.481 e. The third-order valence-electron chi connectivity index (χ3n) is 5.98. The van der Waals surface area contributed by atoms with Crippen molar-refractivity contribution in [2.24, 2.45) is 5.92 Å². The maximum Gasteiger partial charge on any atom is 0.306 e. The SMILES string of the molecule is CCCCC(Cc1nnc2cc(-c3ccc(Nc4nc5ccc(Cl)cc5s4)cc3)ccn12)C(=O)O. The van der Waals surface area contributed by atoms with Gasteiger partial charge in [0.2, 0.25) is 0 Å². The van der Waals surface area contributed by atoms with E-state index in [1.807, 2.05) is 65.2 Å². The van der Waals surface area contributed by atoms with Crippen molar-refractivity contribution in [3.05, 3.63) is 71.6 Å². The van der Waals surface area contributed by atoms with Crippen LogP contribution in [0.4, 0.5) is 10.8 Å². The molecule has 3 heterocycles. The number of benzene rings is 2. The van der Waals surface area contributed by atoms with Gasteiger partial charge in [-0.05, 0) is 60.0 Å². The van der Waals surface area contributed by atoms with Crippen molar-refractivity contribution in [1.29, 1.82) is 0 Å². The van der Waals surface area contributed by atoms with E-state index in [1.165, 1.54) is 0 Å². The van der Waals surface area contributed by atoms with Gasteiger partial charge in [0, 0.05) is 23.3 Å². The predicted octanol–water partition coefficient (Wildman–Crippen LogP) is 6.84. The van der Waals surface area contributed by atoms with Crippen LogP contribution in [0.25, 0.3) is 27.0 Å². The Hall–Kier alpha value is -3.49. The van der Waals surface area contributed by atoms with Crippen molar-refractivity contribution in [2.75, 3.05) is 5.32 Å². The highest BCUT2D eigenvalue weighted by Crippen LogP contribution is 2.31. The van der Waals surface area contributed by atoms with E-state index in [2.05, 4.69) is 27.4 Å². The summed E-state index contributed by atoms with van der Waals surface area (Å²) in [5, 5.41) is 23.0. The van der Waals surface area contributed by atoms with Crippen LogP contribution < -0.4 is 5.32 Å². The Morgan fingerprint density at radius 3 is 2.71 bits per heavy atom. The Morgan fingerprint density at radius 1 is 1.11 bits per heavy atom. The van der Waals surface area contributed by atoms with Crippen molar-refractivity contribution >= 4 is 55.6 Å². The first-order valence-corrected chi connectivity index (χ1v) is 12.7. The highest BCUT2D eigenvalue weighted by atomic mass is 35.5. The van der Waals surface area contributed by atoms with Crippen LogP contribution in [0.1, 0.15) is 32.0 Å². The van der Waals surface area contributed by atoms with Gasteiger partial charge >= 0.3 is 5.97 Å². The van der Waals surface area contributed by atoms with Crippen LogP contribution >= 0.6 is 22.9 Å². The fourth-order valence-electron chi connectivity index (χ4n) is 4.06. The summed E-state index contributed by atoms with van der Waals surface area (Å²) in [4.78, 5) is 16.2. The molecule has 7 nitrogen and oxygen atoms in total. The van der Waals surface area contributed by atoms with Crippen molar-refractivity contribution in [2.45, 2.75) is 32.6 Å². The third kappa shape index (κ3) is 5.13. The van der Waals surface area contributed by atoms with Crippen LogP contribution in [0.2, 0.25) is 5.02 Å². The summed E-state index contributed by atoms with van der Waals surface area (Å²) >= 11 is 7.64. The molecule has 5 aromatic rings. The molecular weight excluding hydrogens is 482 g/mol. The van der Waals surface area contributed by atoms with Crippen LogP contribution in [0.5, 0.6) is 0 Å². The molecule has 5 rings (SSSR count). The maximum absolute atomic E-state index is 11.6. The molecule has 0 amide bonds. The lowest BCUT2D eigenvalue weighted by Crippen LogP contribution is -2.18. The van der Waals surface area contributed by atoms with Gasteiger partial charge in [0.25, 0.3) is 0 Å². The first-order chi connectivity index (χ1) is 17.0. The van der Waals surface area contributed by atoms with Crippen molar-refractivity contribution in [1.82, 2.24) is 19.6 Å². The van der Waals surface area contributed by atoms with E-state index in [0.717, 1.165) is 45.0 Å². The number of carboxylic acids is 1. The molecule has 2 aromatic carbocycles. The number of fused-ring (bicyclic) bond motifs is 2. The number of nitrogens with one attached hydrogen (secondary N) is 1. The van der Waals surface area contributed by atoms with E-state index in [4.69, 9.17) is 11.6 Å². The topological polar surface area (TPSA) is 92.4 Å². The molecule has 1 atom stereocenters. The predicted molar refractivity (Wildman–Crippen MR) is 141 cm³/mol. The second kappa shape index (κ2) is 10.0. The fraction of sp³-hybridized carbons (Fsp3) is 0.231. The second-order valence-corrected chi connectivity index (χ2v) is 9.94. The maximum atomic E-state index is 11.6. The van der Waals surface area contributed by atoms with Gasteiger partial charge in [-0.25, -0.2) is 4.98 Å². The van der Waals surface area contributed by atoms with Gasteiger partial charge in [-0.3, -0.25) is 9.20 Å². The summed E-state index contributed by atoms with van der Waals surface area (Å²) in [6.07, 6.45) is 4.78. The Bertz CT molecular complexity index is 1500. The lowest BCUT2D eigenvalue weighted by atomic mass is 9.98. The number of carbonyl (C=O) groups is 1. The molecule has 35 heavy (non-hydrogen) atoms. The monoisotopic (exact) mass is 505 g/mol. The highest BCUT2D eigenvalue weighted by molar-refractivity contribution is 7.22. The molecule has 1 unspecified atom stereocenters. The summed E-state index contributed by atoms with van der Waals surface area (Å²) in [5.74, 6) is -0.559. The fourth-order valence-corrected chi connectivity index (χ4v) is 5.23. The van der Waals surface area contributed by atoms with Gasteiger partial charge < -0.3 is 10.4 Å². The van der Waals surface area contributed by atoms with Gasteiger partial charge in [-0.2, -0.15) is 0 Å². The molecule has 0 spiro atoms. The molecule has 0 aliphatic carbocycles. The van der Waals surface area contributed by atoms with Gasteiger partial charge in [0.15, 0.2) is 10.8 Å². The van der Waals surface area contributed by atoms with Crippen LogP contribution in [0, 0.1) is 5.92 Å². The number of pyridine rings is 1. The Balaban J connectivity index is 1.32. The number of nitrogens with zero attached hydrogens (tertiary/aromatic N) is 4. The number of unbranched alkanes of at least 4 members (excludes halogenated alkanes) is 1. The minimum absolute atomic E-state index is 0.369. The number of hydrogen-bond donors (Lipinski definition) is 2. The zero-order chi connectivity index (χ0) is 24.4. The first kappa shape index (κ1) is 23.3. The molecule has 9 heteroatoms. The Morgan fingerprint density at radius 2 is 1.94 bits per heavy atom. The molecule has 178 valence electrons. The second-order valence-electron chi connectivity index (χ2n) is 8.47. The molecular formula is C26H24ClN5O2S. The Labute approximate surface area is 211 Å². The van der Waals surface area contributed by atoms with E-state index < -0.39 is 11.9 Å². The number of halogens is 1. The zero-order valence-electron chi connectivity index (χ0n) is 19.1. The van der Waals surface area contributed by atoms with Gasteiger partial charge in [-0.1, -0.05) is 54.8 Å². The van der Waals surface area contributed by atoms with Gasteiger partial charge in [0.05, 0.1) is 16.1 Å². The average molecular weight is 506 g/mol. The van der Waals surface area contributed by atoms with Gasteiger partial charge in [-0.15, -0.1) is 10.2 Å². The normalized spacial score (nSPS) is 12.3. The van der Waals surface area contributed by atoms with E-state index in [0.29, 0.717) is 29.3 Å². The first-order valence-electron chi connectivity index (χ1n) is 11.5. The van der Waals surface area contributed by atoms with Crippen LogP contribution in [0.15, 0.2) is 60.8 Å². The van der Waals surface area contributed by atoms with Crippen LogP contribution in [0.3, 0.4) is 0 Å². The minimum atomic E-state index is -0.782. The van der Waals surface area contributed by atoms with Crippen LogP contribution in [-0.2, 0) is 11.2 Å². The minimum Gasteiger partial charge on any atom is -0.481 e. The van der Waals surface area contributed by atoms with E-state index in [1.54, 1.807) is 11.3 Å². The lowest BCUT2D eigenvalue weighted by molar-refractivity contribution is -0.142. The lowest BCUT2D eigenvalue weighted by Gasteiger charge is -2.10. The molecule has 0 aliphatic rings. The summed E-state index contributed by atoms with van der Waals surface area (Å²) in [6, 6.07) is 17.8. The number of carboxylic acid groups (broad SMARTS) is 1. The molecule has 0 aliphatic heterocycles. The number of thiazole rings is 1. The van der Waals surface area contributed by atoms with E-state index in [-0.39, 0.29) is 0 Å². The van der Waals surface area contributed by atoms with Crippen molar-refractivity contribution < 1.29 is 9.90 Å². The average Bonchev–Trinajstić information content (AvgIpc) is 3.44. The number of anilines is 2. The van der Waals surface area contributed by atoms with Crippen LogP contribution in [-0.4, -0.2) is 30.7 Å². The van der Waals surface area contributed by atoms with Crippen molar-refractivity contribution in [3.63, 3.8) is 0 Å². The summed E-state index contributed by atoms with van der Waals surface area (Å²) in [7, 11) is 0. The quantitative estimate of drug-likeness (QED) is 0.228. The zero-order valence-corrected chi connectivity index (χ0v) is 20.7. The molecule has 0 fully saturated rings. The summed E-state index contributed by atoms with van der Waals surface area (Å²) < 4.78 is 2.92. The highest BCUT2D eigenvalue weighted by Gasteiger charge is 2.20. The number of rotatable bonds is 9. The summed E-state index contributed by atoms with van der Waals surface area (Å²) in [6.45, 7) is 2.06.